The van der Waals surface area contributed by atoms with Gasteiger partial charge in [0.05, 0.1) is 5.60 Å². The zero-order chi connectivity index (χ0) is 10.2. The van der Waals surface area contributed by atoms with Gasteiger partial charge in [0.2, 0.25) is 0 Å². The van der Waals surface area contributed by atoms with Crippen molar-refractivity contribution in [2.75, 3.05) is 0 Å². The molecule has 2 aliphatic carbocycles. The second-order valence-corrected chi connectivity index (χ2v) is 5.81. The lowest BCUT2D eigenvalue weighted by Gasteiger charge is -2.26. The van der Waals surface area contributed by atoms with E-state index >= 15 is 0 Å². The van der Waals surface area contributed by atoms with Gasteiger partial charge in [-0.15, -0.1) is 0 Å². The molecule has 2 aliphatic rings. The highest BCUT2D eigenvalue weighted by Gasteiger charge is 2.44. The van der Waals surface area contributed by atoms with Gasteiger partial charge in [-0.05, 0) is 49.9 Å². The van der Waals surface area contributed by atoms with Gasteiger partial charge >= 0.3 is 0 Å². The van der Waals surface area contributed by atoms with Gasteiger partial charge in [0, 0.05) is 0 Å². The van der Waals surface area contributed by atoms with Crippen molar-refractivity contribution in [3.8, 4) is 0 Å². The molecule has 0 radical (unpaired) electrons. The van der Waals surface area contributed by atoms with Crippen molar-refractivity contribution in [2.45, 2.75) is 64.4 Å². The third-order valence-corrected chi connectivity index (χ3v) is 4.41. The molecule has 1 N–H and O–H groups in total. The van der Waals surface area contributed by atoms with Crippen molar-refractivity contribution in [3.63, 3.8) is 0 Å². The molecule has 14 heavy (non-hydrogen) atoms. The van der Waals surface area contributed by atoms with Crippen molar-refractivity contribution < 1.29 is 5.11 Å². The molecule has 0 aromatic rings. The van der Waals surface area contributed by atoms with E-state index in [4.69, 9.17) is 0 Å². The number of hydrogen-bond donors (Lipinski definition) is 1. The maximum atomic E-state index is 10.5. The van der Waals surface area contributed by atoms with Crippen LogP contribution in [0.15, 0.2) is 0 Å². The number of aliphatic hydroxyl groups is 1. The number of rotatable bonds is 2. The molecule has 1 heteroatoms. The van der Waals surface area contributed by atoms with Crippen molar-refractivity contribution in [1.29, 1.82) is 0 Å². The lowest BCUT2D eigenvalue weighted by Crippen LogP contribution is -2.30. The van der Waals surface area contributed by atoms with Gasteiger partial charge in [0.25, 0.3) is 0 Å². The molecule has 0 spiro atoms. The third-order valence-electron chi connectivity index (χ3n) is 4.41. The van der Waals surface area contributed by atoms with E-state index in [0.717, 1.165) is 24.7 Å². The van der Waals surface area contributed by atoms with Crippen LogP contribution in [0.3, 0.4) is 0 Å². The molecule has 1 nitrogen and oxygen atoms in total. The summed E-state index contributed by atoms with van der Waals surface area (Å²) in [5, 5.41) is 10.5. The summed E-state index contributed by atoms with van der Waals surface area (Å²) in [5.41, 5.74) is -0.260. The van der Waals surface area contributed by atoms with Gasteiger partial charge in [-0.25, -0.2) is 0 Å². The Kier molecular flexibility index (Phi) is 2.88. The fraction of sp³-hybridized carbons (Fsp3) is 1.00. The summed E-state index contributed by atoms with van der Waals surface area (Å²) in [5.74, 6) is 2.33. The smallest absolute Gasteiger partial charge is 0.0675 e. The molecule has 0 aromatic heterocycles. The Bertz CT molecular complexity index is 195. The van der Waals surface area contributed by atoms with Crippen molar-refractivity contribution in [2.24, 2.45) is 17.8 Å². The quantitative estimate of drug-likeness (QED) is 0.671. The first-order valence-electron chi connectivity index (χ1n) is 6.34. The van der Waals surface area contributed by atoms with Crippen molar-refractivity contribution in [3.05, 3.63) is 0 Å². The Labute approximate surface area is 87.9 Å². The van der Waals surface area contributed by atoms with E-state index in [1.807, 2.05) is 0 Å². The minimum absolute atomic E-state index is 0.260. The molecule has 0 bridgehead atoms. The van der Waals surface area contributed by atoms with Gasteiger partial charge in [-0.1, -0.05) is 26.7 Å². The van der Waals surface area contributed by atoms with Crippen LogP contribution in [0.5, 0.6) is 0 Å². The van der Waals surface area contributed by atoms with E-state index in [-0.39, 0.29) is 5.60 Å². The molecule has 0 aliphatic heterocycles. The normalized spacial score (nSPS) is 39.9. The highest BCUT2D eigenvalue weighted by Crippen LogP contribution is 2.47. The Hall–Kier alpha value is -0.0400. The molecule has 0 saturated heterocycles. The molecule has 0 amide bonds. The summed E-state index contributed by atoms with van der Waals surface area (Å²) in [6, 6.07) is 0. The van der Waals surface area contributed by atoms with E-state index < -0.39 is 0 Å². The summed E-state index contributed by atoms with van der Waals surface area (Å²) in [4.78, 5) is 0. The van der Waals surface area contributed by atoms with Crippen LogP contribution in [-0.2, 0) is 0 Å². The monoisotopic (exact) mass is 196 g/mol. The Morgan fingerprint density at radius 3 is 2.36 bits per heavy atom. The summed E-state index contributed by atoms with van der Waals surface area (Å²) in [6.45, 7) is 4.65. The molecule has 0 heterocycles. The Morgan fingerprint density at radius 1 is 1.07 bits per heavy atom. The van der Waals surface area contributed by atoms with Crippen LogP contribution in [0.4, 0.5) is 0 Å². The molecule has 2 atom stereocenters. The van der Waals surface area contributed by atoms with E-state index in [0.29, 0.717) is 5.92 Å². The van der Waals surface area contributed by atoms with Crippen LogP contribution in [0.25, 0.3) is 0 Å². The first-order valence-corrected chi connectivity index (χ1v) is 6.34. The topological polar surface area (TPSA) is 20.2 Å². The summed E-state index contributed by atoms with van der Waals surface area (Å²) in [6.07, 6.45) is 8.54. The Balaban J connectivity index is 1.93. The fourth-order valence-electron chi connectivity index (χ4n) is 3.07. The van der Waals surface area contributed by atoms with E-state index in [2.05, 4.69) is 13.8 Å². The molecule has 2 fully saturated rings. The van der Waals surface area contributed by atoms with Gasteiger partial charge in [-0.2, -0.15) is 0 Å². The molecule has 82 valence electrons. The van der Waals surface area contributed by atoms with Gasteiger partial charge in [0.15, 0.2) is 0 Å². The first-order chi connectivity index (χ1) is 6.62. The lowest BCUT2D eigenvalue weighted by atomic mass is 9.86. The summed E-state index contributed by atoms with van der Waals surface area (Å²) in [7, 11) is 0. The largest absolute Gasteiger partial charge is 0.390 e. The number of hydrogen-bond acceptors (Lipinski definition) is 1. The molecule has 2 rings (SSSR count). The van der Waals surface area contributed by atoms with E-state index in [1.54, 1.807) is 0 Å². The maximum absolute atomic E-state index is 10.5. The predicted octanol–water partition coefficient (Wildman–Crippen LogP) is 3.36. The van der Waals surface area contributed by atoms with Crippen molar-refractivity contribution >= 4 is 0 Å². The third kappa shape index (κ3) is 2.13. The SMILES string of the molecule is CC(C)C1CCCC(O)(C2CC2)CC1. The maximum Gasteiger partial charge on any atom is 0.0675 e. The minimum Gasteiger partial charge on any atom is -0.390 e. The molecule has 2 unspecified atom stereocenters. The molecular formula is C13H24O. The Morgan fingerprint density at radius 2 is 1.79 bits per heavy atom. The fourth-order valence-corrected chi connectivity index (χ4v) is 3.07. The molecular weight excluding hydrogens is 172 g/mol. The average molecular weight is 196 g/mol. The van der Waals surface area contributed by atoms with E-state index in [1.165, 1.54) is 32.1 Å². The first kappa shape index (κ1) is 10.5. The van der Waals surface area contributed by atoms with Crippen LogP contribution in [0, 0.1) is 17.8 Å². The average Bonchev–Trinajstić information content (AvgIpc) is 2.88. The predicted molar refractivity (Wildman–Crippen MR) is 59.1 cm³/mol. The second-order valence-electron chi connectivity index (χ2n) is 5.81. The zero-order valence-electron chi connectivity index (χ0n) is 9.63. The van der Waals surface area contributed by atoms with Crippen LogP contribution in [0.2, 0.25) is 0 Å². The van der Waals surface area contributed by atoms with Gasteiger partial charge < -0.3 is 5.11 Å². The zero-order valence-corrected chi connectivity index (χ0v) is 9.63. The standard InChI is InChI=1S/C13H24O/c1-10(2)11-4-3-8-13(14,9-7-11)12-5-6-12/h10-12,14H,3-9H2,1-2H3. The van der Waals surface area contributed by atoms with Crippen LogP contribution >= 0.6 is 0 Å². The summed E-state index contributed by atoms with van der Waals surface area (Å²) < 4.78 is 0. The van der Waals surface area contributed by atoms with Gasteiger partial charge in [-0.3, -0.25) is 0 Å². The van der Waals surface area contributed by atoms with Crippen LogP contribution < -0.4 is 0 Å². The molecule has 0 aromatic carbocycles. The van der Waals surface area contributed by atoms with E-state index in [9.17, 15) is 5.11 Å². The van der Waals surface area contributed by atoms with Crippen LogP contribution in [0.1, 0.15) is 58.8 Å². The van der Waals surface area contributed by atoms with Gasteiger partial charge in [0.1, 0.15) is 0 Å². The lowest BCUT2D eigenvalue weighted by molar-refractivity contribution is 0.00138. The minimum atomic E-state index is -0.260. The molecule has 2 saturated carbocycles. The second kappa shape index (κ2) is 3.84. The highest BCUT2D eigenvalue weighted by molar-refractivity contribution is 4.96. The van der Waals surface area contributed by atoms with Crippen LogP contribution in [-0.4, -0.2) is 10.7 Å². The highest BCUT2D eigenvalue weighted by atomic mass is 16.3. The van der Waals surface area contributed by atoms with Crippen molar-refractivity contribution in [1.82, 2.24) is 0 Å². The summed E-state index contributed by atoms with van der Waals surface area (Å²) >= 11 is 0.